The molecule has 0 saturated carbocycles. The van der Waals surface area contributed by atoms with Gasteiger partial charge in [0.15, 0.2) is 0 Å². The van der Waals surface area contributed by atoms with Crippen molar-refractivity contribution in [1.82, 2.24) is 0 Å². The number of unbranched alkanes of at least 4 members (excludes halogenated alkanes) is 6. The van der Waals surface area contributed by atoms with E-state index < -0.39 is 0 Å². The molecule has 0 bridgehead atoms. The summed E-state index contributed by atoms with van der Waals surface area (Å²) in [5.41, 5.74) is 0. The van der Waals surface area contributed by atoms with Crippen LogP contribution >= 0.6 is 11.6 Å². The van der Waals surface area contributed by atoms with Gasteiger partial charge in [-0.15, -0.1) is 0 Å². The van der Waals surface area contributed by atoms with Crippen LogP contribution in [0.15, 0.2) is 5.16 Å². The third kappa shape index (κ3) is 9.68. The lowest BCUT2D eigenvalue weighted by molar-refractivity contribution is 0.319. The van der Waals surface area contributed by atoms with Crippen LogP contribution < -0.4 is 0 Å². The lowest BCUT2D eigenvalue weighted by Gasteiger charge is -1.99. The predicted octanol–water partition coefficient (Wildman–Crippen LogP) is 4.15. The lowest BCUT2D eigenvalue weighted by atomic mass is 10.1. The fourth-order valence-corrected chi connectivity index (χ4v) is 1.41. The minimum atomic E-state index is 0.327. The Bertz CT molecular complexity index is 137. The van der Waals surface area contributed by atoms with Crippen LogP contribution in [0.1, 0.15) is 58.3 Å². The zero-order chi connectivity index (χ0) is 9.94. The van der Waals surface area contributed by atoms with E-state index >= 15 is 0 Å². The number of hydrogen-bond acceptors (Lipinski definition) is 2. The summed E-state index contributed by atoms with van der Waals surface area (Å²) in [7, 11) is 0. The molecule has 0 rings (SSSR count). The fraction of sp³-hybridized carbons (Fsp3) is 0.900. The van der Waals surface area contributed by atoms with E-state index in [1.165, 1.54) is 38.5 Å². The van der Waals surface area contributed by atoms with Crippen molar-refractivity contribution >= 4 is 16.8 Å². The van der Waals surface area contributed by atoms with Gasteiger partial charge in [-0.05, 0) is 6.42 Å². The van der Waals surface area contributed by atoms with E-state index in [1.54, 1.807) is 0 Å². The molecule has 0 unspecified atom stereocenters. The summed E-state index contributed by atoms with van der Waals surface area (Å²) in [6.07, 6.45) is 9.52. The van der Waals surface area contributed by atoms with Crippen molar-refractivity contribution in [1.29, 1.82) is 0 Å². The first-order chi connectivity index (χ1) is 6.31. The van der Waals surface area contributed by atoms with Crippen molar-refractivity contribution in [3.05, 3.63) is 0 Å². The van der Waals surface area contributed by atoms with Crippen LogP contribution in [0.2, 0.25) is 0 Å². The normalized spacial score (nSPS) is 12.0. The first-order valence-corrected chi connectivity index (χ1v) is 5.55. The second-order valence-electron chi connectivity index (χ2n) is 3.35. The van der Waals surface area contributed by atoms with Gasteiger partial charge in [0.1, 0.15) is 5.17 Å². The molecule has 0 aromatic heterocycles. The van der Waals surface area contributed by atoms with Crippen molar-refractivity contribution in [2.45, 2.75) is 58.3 Å². The van der Waals surface area contributed by atoms with Crippen molar-refractivity contribution < 1.29 is 5.21 Å². The third-order valence-electron chi connectivity index (χ3n) is 2.10. The Hall–Kier alpha value is -0.240. The Balaban J connectivity index is 3.00. The Morgan fingerprint density at radius 3 is 2.15 bits per heavy atom. The van der Waals surface area contributed by atoms with Crippen molar-refractivity contribution in [2.24, 2.45) is 5.16 Å². The van der Waals surface area contributed by atoms with Crippen LogP contribution in [0.3, 0.4) is 0 Å². The van der Waals surface area contributed by atoms with Crippen molar-refractivity contribution in [3.63, 3.8) is 0 Å². The Labute approximate surface area is 86.0 Å². The van der Waals surface area contributed by atoms with E-state index in [1.807, 2.05) is 0 Å². The molecule has 0 atom stereocenters. The van der Waals surface area contributed by atoms with E-state index in [-0.39, 0.29) is 0 Å². The van der Waals surface area contributed by atoms with Crippen molar-refractivity contribution in [3.8, 4) is 0 Å². The summed E-state index contributed by atoms with van der Waals surface area (Å²) in [6.45, 7) is 2.22. The molecule has 0 fully saturated rings. The molecule has 0 amide bonds. The molecule has 13 heavy (non-hydrogen) atoms. The summed E-state index contributed by atoms with van der Waals surface area (Å²) in [5.74, 6) is 0. The number of rotatable bonds is 8. The van der Waals surface area contributed by atoms with Gasteiger partial charge in [0, 0.05) is 6.42 Å². The van der Waals surface area contributed by atoms with Gasteiger partial charge in [0.25, 0.3) is 0 Å². The fourth-order valence-electron chi connectivity index (χ4n) is 1.28. The van der Waals surface area contributed by atoms with E-state index in [9.17, 15) is 0 Å². The zero-order valence-electron chi connectivity index (χ0n) is 8.43. The zero-order valence-corrected chi connectivity index (χ0v) is 9.19. The van der Waals surface area contributed by atoms with Crippen LogP contribution in [0.4, 0.5) is 0 Å². The number of oxime groups is 1. The molecular formula is C10H20ClNO. The maximum Gasteiger partial charge on any atom is 0.145 e. The highest BCUT2D eigenvalue weighted by molar-refractivity contribution is 6.65. The van der Waals surface area contributed by atoms with Gasteiger partial charge < -0.3 is 5.21 Å². The van der Waals surface area contributed by atoms with Gasteiger partial charge in [-0.2, -0.15) is 0 Å². The molecule has 0 spiro atoms. The lowest BCUT2D eigenvalue weighted by Crippen LogP contribution is -1.87. The molecule has 0 radical (unpaired) electrons. The van der Waals surface area contributed by atoms with E-state index in [0.717, 1.165) is 6.42 Å². The molecule has 0 heterocycles. The largest absolute Gasteiger partial charge is 0.410 e. The maximum absolute atomic E-state index is 8.26. The Morgan fingerprint density at radius 1 is 1.08 bits per heavy atom. The summed E-state index contributed by atoms with van der Waals surface area (Å²) >= 11 is 5.53. The smallest absolute Gasteiger partial charge is 0.145 e. The Morgan fingerprint density at radius 2 is 1.62 bits per heavy atom. The maximum atomic E-state index is 8.26. The summed E-state index contributed by atoms with van der Waals surface area (Å²) in [5, 5.41) is 11.5. The standard InChI is InChI=1S/C10H20ClNO/c1-2-3-4-5-6-7-8-9-10(11)12-13/h13H,2-9H2,1H3. The van der Waals surface area contributed by atoms with E-state index in [4.69, 9.17) is 16.8 Å². The molecule has 0 aliphatic heterocycles. The summed E-state index contributed by atoms with van der Waals surface area (Å²) in [4.78, 5) is 0. The van der Waals surface area contributed by atoms with Gasteiger partial charge in [-0.1, -0.05) is 62.2 Å². The molecule has 0 saturated heterocycles. The highest BCUT2D eigenvalue weighted by Crippen LogP contribution is 2.09. The molecular weight excluding hydrogens is 186 g/mol. The molecule has 2 nitrogen and oxygen atoms in total. The summed E-state index contributed by atoms with van der Waals surface area (Å²) < 4.78 is 0. The predicted molar refractivity (Wildman–Crippen MR) is 57.7 cm³/mol. The molecule has 78 valence electrons. The second kappa shape index (κ2) is 9.85. The number of nitrogens with zero attached hydrogens (tertiary/aromatic N) is 1. The average molecular weight is 206 g/mol. The summed E-state index contributed by atoms with van der Waals surface area (Å²) in [6, 6.07) is 0. The highest BCUT2D eigenvalue weighted by atomic mass is 35.5. The SMILES string of the molecule is CCCCCCCCCC(Cl)=NO. The molecule has 0 aromatic carbocycles. The van der Waals surface area contributed by atoms with Crippen LogP contribution in [0, 0.1) is 0 Å². The van der Waals surface area contributed by atoms with E-state index in [2.05, 4.69) is 12.1 Å². The molecule has 0 aliphatic rings. The van der Waals surface area contributed by atoms with Gasteiger partial charge in [-0.25, -0.2) is 0 Å². The minimum Gasteiger partial charge on any atom is -0.410 e. The molecule has 0 aliphatic carbocycles. The van der Waals surface area contributed by atoms with Crippen LogP contribution in [0.25, 0.3) is 0 Å². The van der Waals surface area contributed by atoms with Crippen molar-refractivity contribution in [2.75, 3.05) is 0 Å². The topological polar surface area (TPSA) is 32.6 Å². The van der Waals surface area contributed by atoms with Gasteiger partial charge in [0.2, 0.25) is 0 Å². The second-order valence-corrected chi connectivity index (χ2v) is 3.78. The van der Waals surface area contributed by atoms with E-state index in [0.29, 0.717) is 11.6 Å². The Kier molecular flexibility index (Phi) is 9.66. The monoisotopic (exact) mass is 205 g/mol. The number of halogens is 1. The highest BCUT2D eigenvalue weighted by Gasteiger charge is 1.95. The van der Waals surface area contributed by atoms with Gasteiger partial charge in [-0.3, -0.25) is 0 Å². The van der Waals surface area contributed by atoms with Crippen LogP contribution in [0.5, 0.6) is 0 Å². The first kappa shape index (κ1) is 12.8. The van der Waals surface area contributed by atoms with Gasteiger partial charge >= 0.3 is 0 Å². The molecule has 1 N–H and O–H groups in total. The minimum absolute atomic E-state index is 0.327. The third-order valence-corrected chi connectivity index (χ3v) is 2.36. The first-order valence-electron chi connectivity index (χ1n) is 5.17. The average Bonchev–Trinajstić information content (AvgIpc) is 2.16. The van der Waals surface area contributed by atoms with Gasteiger partial charge in [0.05, 0.1) is 0 Å². The number of hydrogen-bond donors (Lipinski definition) is 1. The molecule has 0 aromatic rings. The molecule has 3 heteroatoms. The quantitative estimate of drug-likeness (QED) is 0.275. The van der Waals surface area contributed by atoms with Crippen LogP contribution in [-0.4, -0.2) is 10.4 Å². The van der Waals surface area contributed by atoms with Crippen LogP contribution in [-0.2, 0) is 0 Å².